The summed E-state index contributed by atoms with van der Waals surface area (Å²) in [6, 6.07) is 0.276. The van der Waals surface area contributed by atoms with Gasteiger partial charge in [-0.2, -0.15) is 0 Å². The molecule has 6 nitrogen and oxygen atoms in total. The van der Waals surface area contributed by atoms with Crippen LogP contribution in [0.25, 0.3) is 0 Å². The number of methoxy groups -OCH3 is 1. The third-order valence-corrected chi connectivity index (χ3v) is 7.59. The maximum absolute atomic E-state index is 12.6. The van der Waals surface area contributed by atoms with Gasteiger partial charge in [-0.25, -0.2) is 0 Å². The van der Waals surface area contributed by atoms with Gasteiger partial charge in [0.1, 0.15) is 23.4 Å². The largest absolute Gasteiger partial charge is 0.459 e. The highest BCUT2D eigenvalue weighted by Gasteiger charge is 2.72. The van der Waals surface area contributed by atoms with Crippen molar-refractivity contribution >= 4 is 5.97 Å². The Morgan fingerprint density at radius 2 is 2.03 bits per heavy atom. The molecule has 1 spiro atoms. The molecular formula is C24H41NO5. The summed E-state index contributed by atoms with van der Waals surface area (Å²) in [6.07, 6.45) is 5.49. The number of esters is 1. The molecule has 172 valence electrons. The van der Waals surface area contributed by atoms with E-state index in [2.05, 4.69) is 52.9 Å². The molecule has 0 aromatic heterocycles. The Balaban J connectivity index is 1.64. The van der Waals surface area contributed by atoms with Crippen LogP contribution in [0, 0.1) is 11.8 Å². The third-order valence-electron chi connectivity index (χ3n) is 7.59. The molecule has 6 heteroatoms. The Morgan fingerprint density at radius 3 is 2.60 bits per heavy atom. The number of ether oxygens (including phenoxy) is 4. The SMILES string of the molecule is CCC(C)C(C)NCC(=O)OC1CCC2(CO2)C(C2(C)OC2CC=C(C)C)C1OC. The van der Waals surface area contributed by atoms with E-state index in [-0.39, 0.29) is 54.0 Å². The molecular weight excluding hydrogens is 382 g/mol. The van der Waals surface area contributed by atoms with Gasteiger partial charge in [-0.05, 0) is 52.9 Å². The first kappa shape index (κ1) is 23.7. The number of carbonyl (C=O) groups is 1. The van der Waals surface area contributed by atoms with E-state index in [1.807, 2.05) is 0 Å². The Bertz CT molecular complexity index is 642. The number of nitrogens with one attached hydrogen (secondary N) is 1. The lowest BCUT2D eigenvalue weighted by Crippen LogP contribution is -2.56. The van der Waals surface area contributed by atoms with Crippen LogP contribution >= 0.6 is 0 Å². The summed E-state index contributed by atoms with van der Waals surface area (Å²) in [5.41, 5.74) is 0.793. The molecule has 0 aromatic carbocycles. The van der Waals surface area contributed by atoms with E-state index in [1.54, 1.807) is 7.11 Å². The minimum Gasteiger partial charge on any atom is -0.459 e. The van der Waals surface area contributed by atoms with E-state index in [4.69, 9.17) is 18.9 Å². The lowest BCUT2D eigenvalue weighted by Gasteiger charge is -2.42. The maximum atomic E-state index is 12.6. The highest BCUT2D eigenvalue weighted by atomic mass is 16.6. The normalized spacial score (nSPS) is 39.3. The molecule has 1 aliphatic carbocycles. The van der Waals surface area contributed by atoms with Crippen molar-refractivity contribution in [2.75, 3.05) is 20.3 Å². The molecule has 8 atom stereocenters. The smallest absolute Gasteiger partial charge is 0.320 e. The van der Waals surface area contributed by atoms with Gasteiger partial charge >= 0.3 is 5.97 Å². The second-order valence-corrected chi connectivity index (χ2v) is 9.96. The summed E-state index contributed by atoms with van der Waals surface area (Å²) < 4.78 is 24.0. The lowest BCUT2D eigenvalue weighted by molar-refractivity contribution is -0.171. The molecule has 8 unspecified atom stereocenters. The Hall–Kier alpha value is -0.950. The molecule has 1 N–H and O–H groups in total. The van der Waals surface area contributed by atoms with Gasteiger partial charge in [-0.3, -0.25) is 4.79 Å². The Kier molecular flexibility index (Phi) is 7.33. The molecule has 3 aliphatic rings. The summed E-state index contributed by atoms with van der Waals surface area (Å²) >= 11 is 0. The molecule has 3 fully saturated rings. The fraction of sp³-hybridized carbons (Fsp3) is 0.875. The van der Waals surface area contributed by atoms with Crippen LogP contribution in [0.15, 0.2) is 11.6 Å². The highest BCUT2D eigenvalue weighted by Crippen LogP contribution is 2.59. The zero-order chi connectivity index (χ0) is 22.1. The fourth-order valence-electron chi connectivity index (χ4n) is 5.08. The van der Waals surface area contributed by atoms with Gasteiger partial charge in [0.15, 0.2) is 0 Å². The minimum absolute atomic E-state index is 0.0594. The van der Waals surface area contributed by atoms with Crippen LogP contribution in [0.1, 0.15) is 67.2 Å². The number of rotatable bonds is 10. The van der Waals surface area contributed by atoms with Crippen molar-refractivity contribution in [1.82, 2.24) is 5.32 Å². The maximum Gasteiger partial charge on any atom is 0.320 e. The molecule has 0 radical (unpaired) electrons. The van der Waals surface area contributed by atoms with Crippen LogP contribution < -0.4 is 5.32 Å². The van der Waals surface area contributed by atoms with Crippen LogP contribution in [0.5, 0.6) is 0 Å². The average Bonchev–Trinajstić information content (AvgIpc) is 3.62. The molecule has 2 aliphatic heterocycles. The van der Waals surface area contributed by atoms with Gasteiger partial charge in [0, 0.05) is 13.2 Å². The van der Waals surface area contributed by atoms with Crippen LogP contribution in [-0.2, 0) is 23.7 Å². The summed E-state index contributed by atoms with van der Waals surface area (Å²) in [6.45, 7) is 13.8. The monoisotopic (exact) mass is 423 g/mol. The van der Waals surface area contributed by atoms with Crippen molar-refractivity contribution in [3.8, 4) is 0 Å². The second kappa shape index (κ2) is 9.27. The molecule has 0 aromatic rings. The topological polar surface area (TPSA) is 72.6 Å². The standard InChI is InChI=1S/C24H41NO5/c1-8-16(4)17(5)25-13-20(26)29-18-11-12-24(14-28-24)22(21(18)27-7)23(6)19(30-23)10-9-15(2)3/h9,16-19,21-22,25H,8,10-14H2,1-7H3. The van der Waals surface area contributed by atoms with E-state index in [0.29, 0.717) is 5.92 Å². The lowest BCUT2D eigenvalue weighted by atomic mass is 9.68. The molecule has 1 saturated carbocycles. The van der Waals surface area contributed by atoms with Gasteiger partial charge in [-0.1, -0.05) is 31.9 Å². The van der Waals surface area contributed by atoms with Crippen LogP contribution in [0.2, 0.25) is 0 Å². The van der Waals surface area contributed by atoms with Gasteiger partial charge in [0.05, 0.1) is 25.2 Å². The molecule has 2 heterocycles. The van der Waals surface area contributed by atoms with E-state index in [9.17, 15) is 4.79 Å². The molecule has 0 bridgehead atoms. The van der Waals surface area contributed by atoms with Gasteiger partial charge in [0.25, 0.3) is 0 Å². The first-order chi connectivity index (χ1) is 14.2. The first-order valence-electron chi connectivity index (χ1n) is 11.6. The zero-order valence-corrected chi connectivity index (χ0v) is 19.8. The van der Waals surface area contributed by atoms with Gasteiger partial charge < -0.3 is 24.3 Å². The summed E-state index contributed by atoms with van der Waals surface area (Å²) in [5, 5.41) is 3.30. The number of epoxide rings is 2. The summed E-state index contributed by atoms with van der Waals surface area (Å²) in [7, 11) is 1.71. The van der Waals surface area contributed by atoms with Crippen molar-refractivity contribution in [2.45, 2.75) is 103 Å². The molecule has 30 heavy (non-hydrogen) atoms. The average molecular weight is 424 g/mol. The number of hydrogen-bond acceptors (Lipinski definition) is 6. The van der Waals surface area contributed by atoms with Gasteiger partial charge in [-0.15, -0.1) is 0 Å². The summed E-state index contributed by atoms with van der Waals surface area (Å²) in [4.78, 5) is 12.6. The number of allylic oxidation sites excluding steroid dienone is 1. The van der Waals surface area contributed by atoms with E-state index in [0.717, 1.165) is 32.3 Å². The van der Waals surface area contributed by atoms with Crippen LogP contribution in [0.3, 0.4) is 0 Å². The molecule has 2 saturated heterocycles. The number of carbonyl (C=O) groups excluding carboxylic acids is 1. The van der Waals surface area contributed by atoms with Crippen LogP contribution in [0.4, 0.5) is 0 Å². The second-order valence-electron chi connectivity index (χ2n) is 9.96. The zero-order valence-electron chi connectivity index (χ0n) is 19.8. The molecule has 3 rings (SSSR count). The van der Waals surface area contributed by atoms with Crippen molar-refractivity contribution in [3.05, 3.63) is 11.6 Å². The van der Waals surface area contributed by atoms with Gasteiger partial charge in [0.2, 0.25) is 0 Å². The van der Waals surface area contributed by atoms with Crippen molar-refractivity contribution in [2.24, 2.45) is 11.8 Å². The Labute approximate surface area is 182 Å². The van der Waals surface area contributed by atoms with Crippen molar-refractivity contribution in [3.63, 3.8) is 0 Å². The van der Waals surface area contributed by atoms with E-state index < -0.39 is 0 Å². The first-order valence-corrected chi connectivity index (χ1v) is 11.6. The quantitative estimate of drug-likeness (QED) is 0.329. The fourth-order valence-corrected chi connectivity index (χ4v) is 5.08. The Morgan fingerprint density at radius 1 is 1.33 bits per heavy atom. The van der Waals surface area contributed by atoms with Crippen molar-refractivity contribution in [1.29, 1.82) is 0 Å². The van der Waals surface area contributed by atoms with Crippen LogP contribution in [-0.4, -0.2) is 61.8 Å². The molecule has 0 amide bonds. The van der Waals surface area contributed by atoms with E-state index >= 15 is 0 Å². The predicted octanol–water partition coefficient (Wildman–Crippen LogP) is 3.63. The van der Waals surface area contributed by atoms with E-state index in [1.165, 1.54) is 5.57 Å². The summed E-state index contributed by atoms with van der Waals surface area (Å²) in [5.74, 6) is 0.357. The highest BCUT2D eigenvalue weighted by molar-refractivity contribution is 5.72. The third kappa shape index (κ3) is 4.93. The predicted molar refractivity (Wildman–Crippen MR) is 116 cm³/mol. The van der Waals surface area contributed by atoms with Crippen molar-refractivity contribution < 1.29 is 23.7 Å². The minimum atomic E-state index is -0.308. The number of hydrogen-bond donors (Lipinski definition) is 1.